The summed E-state index contributed by atoms with van der Waals surface area (Å²) in [6.07, 6.45) is 6.51. The van der Waals surface area contributed by atoms with Crippen LogP contribution in [-0.4, -0.2) is 181 Å². The number of nitrogens with one attached hydrogen (secondary N) is 1. The molecule has 0 fully saturated rings. The number of aliphatic carboxylic acids is 2. The number of likely N-dealkylation sites (N-methyl/N-ethyl adjacent to an activating group) is 4. The number of hydrogen-bond acceptors (Lipinski definition) is 13. The van der Waals surface area contributed by atoms with Crippen LogP contribution in [0.2, 0.25) is 0 Å². The highest BCUT2D eigenvalue weighted by Crippen LogP contribution is 2.47. The van der Waals surface area contributed by atoms with Gasteiger partial charge < -0.3 is 59.1 Å². The van der Waals surface area contributed by atoms with Crippen LogP contribution in [0.3, 0.4) is 0 Å². The average Bonchev–Trinajstić information content (AvgIpc) is 1.63. The van der Waals surface area contributed by atoms with E-state index in [-0.39, 0.29) is 38.6 Å². The van der Waals surface area contributed by atoms with E-state index in [1.807, 2.05) is 161 Å². The van der Waals surface area contributed by atoms with Gasteiger partial charge in [-0.25, -0.2) is 0 Å². The van der Waals surface area contributed by atoms with E-state index < -0.39 is 11.9 Å². The lowest BCUT2D eigenvalue weighted by Gasteiger charge is -2.20. The molecule has 506 valence electrons. The highest BCUT2D eigenvalue weighted by Gasteiger charge is 2.28. The fraction of sp³-hybridized carbons (Fsp3) is 0.351. The average molecular weight is 1310 g/mol. The summed E-state index contributed by atoms with van der Waals surface area (Å²) in [5.74, 6) is 0.827. The predicted molar refractivity (Wildman–Crippen MR) is 396 cm³/mol. The molecular formula is C77H102ClN7O9. The van der Waals surface area contributed by atoms with Gasteiger partial charge in [0, 0.05) is 98.1 Å². The number of benzene rings is 6. The first-order valence-corrected chi connectivity index (χ1v) is 30.7. The van der Waals surface area contributed by atoms with Gasteiger partial charge in [0.15, 0.2) is 0 Å². The van der Waals surface area contributed by atoms with Gasteiger partial charge in [-0.1, -0.05) is 55.5 Å². The van der Waals surface area contributed by atoms with Crippen LogP contribution in [-0.2, 0) is 20.8 Å². The number of rotatable bonds is 21. The predicted octanol–water partition coefficient (Wildman–Crippen LogP) is 14.0. The van der Waals surface area contributed by atoms with Crippen LogP contribution in [0.1, 0.15) is 102 Å². The monoisotopic (exact) mass is 1300 g/mol. The maximum atomic E-state index is 13.0. The fourth-order valence-electron chi connectivity index (χ4n) is 10.5. The maximum Gasteiger partial charge on any atom is 0.307 e. The number of methoxy groups -OCH3 is 3. The first-order chi connectivity index (χ1) is 43.7. The minimum Gasteiger partial charge on any atom is -0.497 e. The van der Waals surface area contributed by atoms with Gasteiger partial charge >= 0.3 is 11.9 Å². The normalized spacial score (nSPS) is 13.1. The highest BCUT2D eigenvalue weighted by molar-refractivity contribution is 6.09. The van der Waals surface area contributed by atoms with Crippen molar-refractivity contribution in [1.29, 1.82) is 0 Å². The lowest BCUT2D eigenvalue weighted by Crippen LogP contribution is -2.33. The summed E-state index contributed by atoms with van der Waals surface area (Å²) in [7, 11) is 29.0. The molecule has 0 unspecified atom stereocenters. The van der Waals surface area contributed by atoms with Gasteiger partial charge in [0.25, 0.3) is 0 Å². The van der Waals surface area contributed by atoms with Crippen LogP contribution < -0.4 is 34.2 Å². The number of aldehydes is 1. The Bertz CT molecular complexity index is 3660. The molecule has 0 radical (unpaired) electrons. The molecule has 0 aliphatic heterocycles. The molecule has 0 bridgehead atoms. The van der Waals surface area contributed by atoms with Gasteiger partial charge in [0.05, 0.1) is 40.6 Å². The largest absolute Gasteiger partial charge is 0.497 e. The second-order valence-corrected chi connectivity index (χ2v) is 24.0. The van der Waals surface area contributed by atoms with E-state index in [1.54, 1.807) is 21.3 Å². The summed E-state index contributed by atoms with van der Waals surface area (Å²) in [6.45, 7) is 9.86. The number of ether oxygens (including phenoxy) is 3. The van der Waals surface area contributed by atoms with Crippen molar-refractivity contribution in [2.45, 2.75) is 53.9 Å². The number of carboxylic acids is 2. The van der Waals surface area contributed by atoms with Gasteiger partial charge in [-0.2, -0.15) is 0 Å². The Balaban J connectivity index is 0.000000331. The Kier molecular flexibility index (Phi) is 32.3. The first kappa shape index (κ1) is 79.3. The van der Waals surface area contributed by atoms with E-state index >= 15 is 0 Å². The van der Waals surface area contributed by atoms with E-state index in [9.17, 15) is 24.3 Å². The summed E-state index contributed by atoms with van der Waals surface area (Å²) in [5.41, 5.74) is 21.2. The van der Waals surface area contributed by atoms with Crippen molar-refractivity contribution in [2.75, 3.05) is 147 Å². The number of halogens is 1. The van der Waals surface area contributed by atoms with Crippen LogP contribution in [0.25, 0.3) is 40.0 Å². The number of carboxylic acid groups (broad SMARTS) is 2. The first-order valence-electron chi connectivity index (χ1n) is 30.7. The van der Waals surface area contributed by atoms with E-state index in [0.717, 1.165) is 144 Å². The number of anilines is 3. The molecule has 9 rings (SSSR count). The van der Waals surface area contributed by atoms with Crippen molar-refractivity contribution in [3.63, 3.8) is 0 Å². The minimum absolute atomic E-state index is 0. The summed E-state index contributed by atoms with van der Waals surface area (Å²) in [6, 6.07) is 42.1. The summed E-state index contributed by atoms with van der Waals surface area (Å²) >= 11 is 0. The zero-order valence-electron chi connectivity index (χ0n) is 57.9. The highest BCUT2D eigenvalue weighted by atomic mass is 35.5. The van der Waals surface area contributed by atoms with Crippen LogP contribution in [0, 0.1) is 0 Å². The second-order valence-electron chi connectivity index (χ2n) is 24.0. The minimum atomic E-state index is -0.829. The van der Waals surface area contributed by atoms with E-state index in [0.29, 0.717) is 13.0 Å². The third kappa shape index (κ3) is 22.7. The summed E-state index contributed by atoms with van der Waals surface area (Å²) < 4.78 is 16.0. The van der Waals surface area contributed by atoms with Crippen LogP contribution >= 0.6 is 12.4 Å². The lowest BCUT2D eigenvalue weighted by atomic mass is 10.00. The van der Waals surface area contributed by atoms with Crippen LogP contribution in [0.15, 0.2) is 144 Å². The van der Waals surface area contributed by atoms with E-state index in [2.05, 4.69) is 119 Å². The molecule has 0 atom stereocenters. The topological polar surface area (TPSA) is 168 Å². The molecular weight excluding hydrogens is 1200 g/mol. The number of fused-ring (bicyclic) bond motifs is 3. The Hall–Kier alpha value is -8.93. The molecule has 0 aromatic heterocycles. The number of amides is 1. The Morgan fingerprint density at radius 1 is 0.479 bits per heavy atom. The molecule has 0 saturated heterocycles. The van der Waals surface area contributed by atoms with Gasteiger partial charge in [-0.15, -0.1) is 12.4 Å². The third-order valence-electron chi connectivity index (χ3n) is 16.1. The van der Waals surface area contributed by atoms with Crippen molar-refractivity contribution < 1.29 is 43.6 Å². The van der Waals surface area contributed by atoms with Gasteiger partial charge in [0.1, 0.15) is 23.5 Å². The maximum absolute atomic E-state index is 13.0. The molecule has 0 heterocycles. The molecule has 1 amide bonds. The Morgan fingerprint density at radius 3 is 1.20 bits per heavy atom. The van der Waals surface area contributed by atoms with E-state index in [1.165, 1.54) is 16.8 Å². The number of hydrogen-bond donors (Lipinski definition) is 3. The Labute approximate surface area is 566 Å². The van der Waals surface area contributed by atoms with Crippen molar-refractivity contribution in [3.8, 4) is 17.2 Å². The zero-order valence-corrected chi connectivity index (χ0v) is 58.7. The molecule has 0 spiro atoms. The molecule has 3 N–H and O–H groups in total. The number of allylic oxidation sites excluding steroid dienone is 5. The molecule has 17 heteroatoms. The van der Waals surface area contributed by atoms with E-state index in [4.69, 9.17) is 19.3 Å². The molecule has 6 aromatic rings. The second kappa shape index (κ2) is 38.3. The van der Waals surface area contributed by atoms with Gasteiger partial charge in [-0.05, 0) is 243 Å². The Morgan fingerprint density at radius 2 is 0.851 bits per heavy atom. The van der Waals surface area contributed by atoms with Crippen LogP contribution in [0.5, 0.6) is 17.2 Å². The van der Waals surface area contributed by atoms with Gasteiger partial charge in [0.2, 0.25) is 5.91 Å². The SMILES string of the molecule is C.CN(C)c1ccc(C=O)cc1.CNCCN(C)C.COc1ccc2c(c1)C(CC(=O)N(C)CCN(C)C)=C(C)/C2=C/c1ccc(N(C)C)cc1.COc1ccc2c(c1)C(CC(=O)O)=C(C)/C2=C/c1ccc(N(C)C)cc1.COc1ccc2c(c1)C(CC(=O)O)=C(C)C2.Cl. The molecule has 3 aliphatic rings. The third-order valence-corrected chi connectivity index (χ3v) is 16.1. The molecule has 0 saturated carbocycles. The number of carbonyl (C=O) groups is 4. The molecule has 6 aromatic carbocycles. The van der Waals surface area contributed by atoms with Crippen molar-refractivity contribution in [3.05, 3.63) is 194 Å². The lowest BCUT2D eigenvalue weighted by molar-refractivity contribution is -0.136. The van der Waals surface area contributed by atoms with Crippen LogP contribution in [0.4, 0.5) is 17.1 Å². The van der Waals surface area contributed by atoms with Crippen molar-refractivity contribution in [2.24, 2.45) is 0 Å². The zero-order chi connectivity index (χ0) is 67.9. The molecule has 94 heavy (non-hydrogen) atoms. The van der Waals surface area contributed by atoms with Crippen molar-refractivity contribution >= 4 is 93.6 Å². The summed E-state index contributed by atoms with van der Waals surface area (Å²) in [5, 5.41) is 21.2. The molecule has 3 aliphatic carbocycles. The number of nitrogens with zero attached hydrogens (tertiary/aromatic N) is 6. The molecule has 16 nitrogen and oxygen atoms in total. The number of carbonyl (C=O) groups excluding carboxylic acids is 2. The van der Waals surface area contributed by atoms with Gasteiger partial charge in [-0.3, -0.25) is 19.2 Å². The smallest absolute Gasteiger partial charge is 0.307 e. The quantitative estimate of drug-likeness (QED) is 0.0582. The fourth-order valence-corrected chi connectivity index (χ4v) is 10.5. The summed E-state index contributed by atoms with van der Waals surface area (Å²) in [4.78, 5) is 57.6. The van der Waals surface area contributed by atoms with Crippen molar-refractivity contribution in [1.82, 2.24) is 20.0 Å². The standard InChI is InChI=1S/C27H35N3O2.C22H23NO3.C13H14O3.C9H11NO.C5H14N2.CH4.ClH/c1-19-24(16-20-8-10-21(11-9-20)29(4)5)23-13-12-22(32-7)17-26(23)25(19)18-27(31)30(6)15-14-28(2)3;1-14-19(11-15-5-7-16(8-6-15)23(2)3)18-10-9-17(26-4)12-21(18)20(14)13-22(24)25;1-8-5-9-3-4-10(16-2)6-12(9)11(8)7-13(14)15;1-10(2)9-5-3-8(7-11)4-6-9;1-6-4-5-7(2)3;;/h8-13,16-17H,14-15,18H2,1-7H3;5-12H,13H2,1-4H3,(H,24,25);3-4,6H,5,7H2,1-2H3,(H,14,15);3-7H,1-2H3;6H,4-5H2,1-3H3;1H4;1H/b24-16-;19-11-;;;;;.